The number of amides is 1. The molecule has 1 fully saturated rings. The summed E-state index contributed by atoms with van der Waals surface area (Å²) in [5.41, 5.74) is 0.983. The fourth-order valence-corrected chi connectivity index (χ4v) is 5.73. The third-order valence-electron chi connectivity index (χ3n) is 4.86. The van der Waals surface area contributed by atoms with Gasteiger partial charge in [0.15, 0.2) is 10.9 Å². The minimum absolute atomic E-state index is 0.148. The van der Waals surface area contributed by atoms with Gasteiger partial charge in [-0.1, -0.05) is 0 Å². The predicted octanol–water partition coefficient (Wildman–Crippen LogP) is 3.76. The van der Waals surface area contributed by atoms with E-state index < -0.39 is 10.0 Å². The van der Waals surface area contributed by atoms with Crippen molar-refractivity contribution in [3.63, 3.8) is 0 Å². The topological polar surface area (TPSA) is 102 Å². The van der Waals surface area contributed by atoms with Gasteiger partial charge < -0.3 is 9.15 Å². The summed E-state index contributed by atoms with van der Waals surface area (Å²) < 4.78 is 38.5. The SMILES string of the molecule is Cc1ccc(-c2csc(NC(=O)c3ccc(S(=O)(=O)N4C[C@@H](C)O[C@H](C)C4)cc3)n2)o1. The molecule has 31 heavy (non-hydrogen) atoms. The van der Waals surface area contributed by atoms with Gasteiger partial charge in [-0.15, -0.1) is 11.3 Å². The van der Waals surface area contributed by atoms with Crippen LogP contribution in [0.1, 0.15) is 30.0 Å². The average Bonchev–Trinajstić information content (AvgIpc) is 3.36. The molecule has 0 aliphatic carbocycles. The number of aromatic nitrogens is 1. The molecule has 2 atom stereocenters. The third kappa shape index (κ3) is 4.72. The van der Waals surface area contributed by atoms with E-state index in [1.165, 1.54) is 39.9 Å². The van der Waals surface area contributed by atoms with Crippen molar-refractivity contribution in [3.05, 3.63) is 53.1 Å². The molecule has 3 aromatic rings. The Labute approximate surface area is 184 Å². The number of hydrogen-bond donors (Lipinski definition) is 1. The minimum Gasteiger partial charge on any atom is -0.460 e. The van der Waals surface area contributed by atoms with Gasteiger partial charge >= 0.3 is 0 Å². The zero-order valence-corrected chi connectivity index (χ0v) is 19.0. The zero-order valence-electron chi connectivity index (χ0n) is 17.4. The van der Waals surface area contributed by atoms with Gasteiger partial charge in [0.1, 0.15) is 11.5 Å². The summed E-state index contributed by atoms with van der Waals surface area (Å²) in [5, 5.41) is 4.97. The van der Waals surface area contributed by atoms with Crippen LogP contribution in [0.4, 0.5) is 5.13 Å². The highest BCUT2D eigenvalue weighted by molar-refractivity contribution is 7.89. The Morgan fingerprint density at radius 3 is 2.42 bits per heavy atom. The molecule has 3 heterocycles. The maximum atomic E-state index is 12.9. The van der Waals surface area contributed by atoms with Crippen LogP contribution in [0.3, 0.4) is 0 Å². The summed E-state index contributed by atoms with van der Waals surface area (Å²) in [6.07, 6.45) is -0.339. The number of carbonyl (C=O) groups excluding carboxylic acids is 1. The van der Waals surface area contributed by atoms with Crippen LogP contribution in [-0.4, -0.2) is 48.9 Å². The quantitative estimate of drug-likeness (QED) is 0.621. The maximum absolute atomic E-state index is 12.9. The molecule has 1 aliphatic heterocycles. The van der Waals surface area contributed by atoms with Crippen molar-refractivity contribution in [2.45, 2.75) is 37.9 Å². The number of benzene rings is 1. The van der Waals surface area contributed by atoms with Crippen LogP contribution < -0.4 is 5.32 Å². The maximum Gasteiger partial charge on any atom is 0.257 e. The van der Waals surface area contributed by atoms with E-state index in [0.717, 1.165) is 5.76 Å². The summed E-state index contributed by atoms with van der Waals surface area (Å²) in [7, 11) is -3.65. The number of ether oxygens (including phenoxy) is 1. The molecule has 0 spiro atoms. The van der Waals surface area contributed by atoms with Crippen LogP contribution in [0, 0.1) is 6.92 Å². The van der Waals surface area contributed by atoms with Crippen molar-refractivity contribution >= 4 is 32.4 Å². The lowest BCUT2D eigenvalue weighted by Gasteiger charge is -2.34. The highest BCUT2D eigenvalue weighted by Crippen LogP contribution is 2.27. The Bertz CT molecular complexity index is 1170. The van der Waals surface area contributed by atoms with Gasteiger partial charge in [0.25, 0.3) is 5.91 Å². The molecular weight excluding hydrogens is 438 g/mol. The Kier molecular flexibility index (Phi) is 5.98. The number of carbonyl (C=O) groups is 1. The lowest BCUT2D eigenvalue weighted by Crippen LogP contribution is -2.48. The van der Waals surface area contributed by atoms with Crippen LogP contribution in [0.25, 0.3) is 11.5 Å². The summed E-state index contributed by atoms with van der Waals surface area (Å²) >= 11 is 1.29. The van der Waals surface area contributed by atoms with Crippen LogP contribution in [-0.2, 0) is 14.8 Å². The molecule has 164 valence electrons. The number of morpholine rings is 1. The van der Waals surface area contributed by atoms with E-state index in [1.54, 1.807) is 5.38 Å². The minimum atomic E-state index is -3.65. The van der Waals surface area contributed by atoms with Crippen molar-refractivity contribution in [2.24, 2.45) is 0 Å². The lowest BCUT2D eigenvalue weighted by molar-refractivity contribution is -0.0440. The van der Waals surface area contributed by atoms with Crippen molar-refractivity contribution in [1.82, 2.24) is 9.29 Å². The first-order valence-corrected chi connectivity index (χ1v) is 12.1. The lowest BCUT2D eigenvalue weighted by atomic mass is 10.2. The molecule has 0 radical (unpaired) electrons. The number of rotatable bonds is 5. The number of nitrogens with zero attached hydrogens (tertiary/aromatic N) is 2. The monoisotopic (exact) mass is 461 g/mol. The van der Waals surface area contributed by atoms with Crippen LogP contribution in [0.5, 0.6) is 0 Å². The number of aryl methyl sites for hydroxylation is 1. The van der Waals surface area contributed by atoms with E-state index in [2.05, 4.69) is 10.3 Å². The second kappa shape index (κ2) is 8.54. The van der Waals surface area contributed by atoms with E-state index >= 15 is 0 Å². The molecule has 8 nitrogen and oxygen atoms in total. The van der Waals surface area contributed by atoms with Gasteiger partial charge in [-0.05, 0) is 57.2 Å². The molecule has 4 rings (SSSR count). The van der Waals surface area contributed by atoms with Crippen molar-refractivity contribution in [1.29, 1.82) is 0 Å². The molecule has 1 saturated heterocycles. The van der Waals surface area contributed by atoms with E-state index in [9.17, 15) is 13.2 Å². The number of anilines is 1. The summed E-state index contributed by atoms with van der Waals surface area (Å²) in [6, 6.07) is 9.58. The number of nitrogens with one attached hydrogen (secondary N) is 1. The first-order chi connectivity index (χ1) is 14.7. The Balaban J connectivity index is 1.45. The second-order valence-electron chi connectivity index (χ2n) is 7.51. The van der Waals surface area contributed by atoms with Crippen molar-refractivity contribution < 1.29 is 22.4 Å². The van der Waals surface area contributed by atoms with Gasteiger partial charge in [0.2, 0.25) is 10.0 Å². The molecule has 1 aliphatic rings. The van der Waals surface area contributed by atoms with Crippen molar-refractivity contribution in [3.8, 4) is 11.5 Å². The largest absolute Gasteiger partial charge is 0.460 e. The highest BCUT2D eigenvalue weighted by atomic mass is 32.2. The Morgan fingerprint density at radius 1 is 1.13 bits per heavy atom. The number of furan rings is 1. The van der Waals surface area contributed by atoms with Crippen LogP contribution >= 0.6 is 11.3 Å². The van der Waals surface area contributed by atoms with E-state index in [-0.39, 0.29) is 23.0 Å². The van der Waals surface area contributed by atoms with E-state index in [1.807, 2.05) is 32.9 Å². The predicted molar refractivity (Wildman–Crippen MR) is 118 cm³/mol. The smallest absolute Gasteiger partial charge is 0.257 e. The molecule has 0 saturated carbocycles. The fraction of sp³-hybridized carbons (Fsp3) is 0.333. The van der Waals surface area contributed by atoms with Gasteiger partial charge in [-0.3, -0.25) is 10.1 Å². The summed E-state index contributed by atoms with van der Waals surface area (Å²) in [6.45, 7) is 6.15. The molecule has 0 unspecified atom stereocenters. The van der Waals surface area contributed by atoms with Gasteiger partial charge in [-0.2, -0.15) is 4.31 Å². The molecule has 0 bridgehead atoms. The molecule has 1 aromatic carbocycles. The van der Waals surface area contributed by atoms with Gasteiger partial charge in [0.05, 0.1) is 17.1 Å². The molecule has 10 heteroatoms. The van der Waals surface area contributed by atoms with E-state index in [4.69, 9.17) is 9.15 Å². The second-order valence-corrected chi connectivity index (χ2v) is 10.3. The average molecular weight is 462 g/mol. The highest BCUT2D eigenvalue weighted by Gasteiger charge is 2.32. The van der Waals surface area contributed by atoms with Crippen LogP contribution in [0.2, 0.25) is 0 Å². The molecule has 1 N–H and O–H groups in total. The fourth-order valence-electron chi connectivity index (χ4n) is 3.44. The molecule has 1 amide bonds. The first-order valence-electron chi connectivity index (χ1n) is 9.82. The Hall–Kier alpha value is -2.53. The van der Waals surface area contributed by atoms with Crippen LogP contribution in [0.15, 0.2) is 51.1 Å². The Morgan fingerprint density at radius 2 is 1.81 bits per heavy atom. The molecular formula is C21H23N3O5S2. The van der Waals surface area contributed by atoms with Crippen molar-refractivity contribution in [2.75, 3.05) is 18.4 Å². The van der Waals surface area contributed by atoms with E-state index in [0.29, 0.717) is 35.2 Å². The first kappa shape index (κ1) is 21.7. The number of sulfonamides is 1. The number of hydrogen-bond acceptors (Lipinski definition) is 7. The normalized spacial score (nSPS) is 20.0. The standard InChI is InChI=1S/C21H23N3O5S2/c1-13-4-9-19(29-13)18-12-30-21(22-18)23-20(25)16-5-7-17(8-6-16)31(26,27)24-10-14(2)28-15(3)11-24/h4-9,12,14-15H,10-11H2,1-3H3,(H,22,23,25)/t14-,15-/m1/s1. The zero-order chi connectivity index (χ0) is 22.2. The van der Waals surface area contributed by atoms with Gasteiger partial charge in [0, 0.05) is 24.0 Å². The third-order valence-corrected chi connectivity index (χ3v) is 7.46. The number of thiazole rings is 1. The summed E-state index contributed by atoms with van der Waals surface area (Å²) in [5.74, 6) is 1.05. The summed E-state index contributed by atoms with van der Waals surface area (Å²) in [4.78, 5) is 17.1. The molecule has 2 aromatic heterocycles. The van der Waals surface area contributed by atoms with Gasteiger partial charge in [-0.25, -0.2) is 13.4 Å².